The lowest BCUT2D eigenvalue weighted by Crippen LogP contribution is -2.23. The first-order chi connectivity index (χ1) is 10.2. The molecule has 5 nitrogen and oxygen atoms in total. The van der Waals surface area contributed by atoms with E-state index in [1.807, 2.05) is 12.1 Å². The number of pyridine rings is 1. The van der Waals surface area contributed by atoms with Crippen LogP contribution in [0.2, 0.25) is 0 Å². The smallest absolute Gasteiger partial charge is 0.224 e. The monoisotopic (exact) mass is 362 g/mol. The molecule has 1 unspecified atom stereocenters. The molecule has 23 heavy (non-hydrogen) atoms. The van der Waals surface area contributed by atoms with Crippen molar-refractivity contribution in [3.05, 3.63) is 18.3 Å². The van der Waals surface area contributed by atoms with Crippen molar-refractivity contribution in [3.63, 3.8) is 0 Å². The van der Waals surface area contributed by atoms with Crippen molar-refractivity contribution in [1.82, 2.24) is 10.3 Å². The van der Waals surface area contributed by atoms with Crippen LogP contribution in [0.1, 0.15) is 33.1 Å². The van der Waals surface area contributed by atoms with E-state index in [1.54, 1.807) is 6.20 Å². The van der Waals surface area contributed by atoms with Crippen LogP contribution in [0.5, 0.6) is 0 Å². The maximum absolute atomic E-state index is 11.9. The predicted octanol–water partition coefficient (Wildman–Crippen LogP) is 3.10. The average Bonchev–Trinajstić information content (AvgIpc) is 3.01. The second-order valence-electron chi connectivity index (χ2n) is 5.52. The second-order valence-corrected chi connectivity index (χ2v) is 5.52. The molecule has 0 bridgehead atoms. The van der Waals surface area contributed by atoms with Crippen molar-refractivity contribution in [2.24, 2.45) is 5.92 Å². The summed E-state index contributed by atoms with van der Waals surface area (Å²) in [7, 11) is 0. The van der Waals surface area contributed by atoms with Crippen LogP contribution < -0.4 is 15.5 Å². The second kappa shape index (κ2) is 11.5. The van der Waals surface area contributed by atoms with Gasteiger partial charge in [0.05, 0.1) is 11.9 Å². The number of halogens is 2. The van der Waals surface area contributed by atoms with E-state index in [2.05, 4.69) is 34.4 Å². The molecule has 1 aromatic rings. The summed E-state index contributed by atoms with van der Waals surface area (Å²) >= 11 is 0. The zero-order chi connectivity index (χ0) is 15.1. The molecule has 2 rings (SSSR count). The molecule has 1 atom stereocenters. The Bertz CT molecular complexity index is 446. The van der Waals surface area contributed by atoms with Gasteiger partial charge in [0.2, 0.25) is 5.91 Å². The summed E-state index contributed by atoms with van der Waals surface area (Å²) in [4.78, 5) is 18.5. The molecular formula is C16H28Cl2N4O. The summed E-state index contributed by atoms with van der Waals surface area (Å²) in [5.41, 5.74) is 0.778. The summed E-state index contributed by atoms with van der Waals surface area (Å²) < 4.78 is 0. The molecule has 0 aliphatic carbocycles. The number of rotatable bonds is 7. The molecule has 2 N–H and O–H groups in total. The van der Waals surface area contributed by atoms with Crippen LogP contribution in [0.25, 0.3) is 0 Å². The number of amides is 1. The van der Waals surface area contributed by atoms with Crippen LogP contribution in [0, 0.1) is 5.92 Å². The lowest BCUT2D eigenvalue weighted by atomic mass is 10.0. The molecule has 2 heterocycles. The van der Waals surface area contributed by atoms with E-state index < -0.39 is 0 Å². The zero-order valence-corrected chi connectivity index (χ0v) is 15.5. The van der Waals surface area contributed by atoms with Gasteiger partial charge in [-0.15, -0.1) is 24.8 Å². The van der Waals surface area contributed by atoms with Gasteiger partial charge in [-0.2, -0.15) is 0 Å². The Balaban J connectivity index is 0.00000242. The van der Waals surface area contributed by atoms with E-state index in [1.165, 1.54) is 6.42 Å². The zero-order valence-electron chi connectivity index (χ0n) is 13.9. The maximum atomic E-state index is 11.9. The molecule has 132 valence electrons. The number of nitrogens with one attached hydrogen (secondary N) is 2. The molecule has 1 amide bonds. The Labute approximate surface area is 151 Å². The van der Waals surface area contributed by atoms with Crippen LogP contribution in [0.4, 0.5) is 11.5 Å². The van der Waals surface area contributed by atoms with Gasteiger partial charge in [-0.05, 0) is 57.8 Å². The highest BCUT2D eigenvalue weighted by Gasteiger charge is 2.15. The first-order valence-electron chi connectivity index (χ1n) is 7.94. The highest BCUT2D eigenvalue weighted by atomic mass is 35.5. The third-order valence-electron chi connectivity index (χ3n) is 4.06. The van der Waals surface area contributed by atoms with Gasteiger partial charge < -0.3 is 15.5 Å². The summed E-state index contributed by atoms with van der Waals surface area (Å²) in [5, 5.41) is 6.25. The van der Waals surface area contributed by atoms with Gasteiger partial charge >= 0.3 is 0 Å². The van der Waals surface area contributed by atoms with Gasteiger partial charge in [-0.25, -0.2) is 4.98 Å². The molecule has 1 aliphatic rings. The fourth-order valence-corrected chi connectivity index (χ4v) is 2.71. The van der Waals surface area contributed by atoms with Crippen LogP contribution in [-0.4, -0.2) is 37.1 Å². The first-order valence-corrected chi connectivity index (χ1v) is 7.94. The summed E-state index contributed by atoms with van der Waals surface area (Å²) in [6, 6.07) is 3.89. The molecular weight excluding hydrogens is 335 g/mol. The quantitative estimate of drug-likeness (QED) is 0.782. The van der Waals surface area contributed by atoms with E-state index >= 15 is 0 Å². The van der Waals surface area contributed by atoms with Crippen LogP contribution in [0.3, 0.4) is 0 Å². The van der Waals surface area contributed by atoms with Crippen molar-refractivity contribution in [2.45, 2.75) is 33.1 Å². The fraction of sp³-hybridized carbons (Fsp3) is 0.625. The number of hydrogen-bond donors (Lipinski definition) is 2. The predicted molar refractivity (Wildman–Crippen MR) is 101 cm³/mol. The normalized spacial score (nSPS) is 16.2. The van der Waals surface area contributed by atoms with Gasteiger partial charge in [0.1, 0.15) is 5.82 Å². The molecule has 1 saturated heterocycles. The fourth-order valence-electron chi connectivity index (χ4n) is 2.71. The molecule has 1 fully saturated rings. The highest BCUT2D eigenvalue weighted by Crippen LogP contribution is 2.16. The summed E-state index contributed by atoms with van der Waals surface area (Å²) in [5.74, 6) is 1.69. The van der Waals surface area contributed by atoms with Gasteiger partial charge in [-0.3, -0.25) is 4.79 Å². The molecule has 1 aromatic heterocycles. The number of carbonyl (C=O) groups is 1. The van der Waals surface area contributed by atoms with E-state index in [0.717, 1.165) is 44.1 Å². The van der Waals surface area contributed by atoms with E-state index in [9.17, 15) is 4.79 Å². The molecule has 0 saturated carbocycles. The molecule has 0 spiro atoms. The molecule has 0 aromatic carbocycles. The van der Waals surface area contributed by atoms with Crippen molar-refractivity contribution in [1.29, 1.82) is 0 Å². The van der Waals surface area contributed by atoms with E-state index in [-0.39, 0.29) is 30.7 Å². The Hall–Kier alpha value is -1.04. The number of nitrogens with zero attached hydrogens (tertiary/aromatic N) is 2. The van der Waals surface area contributed by atoms with Crippen molar-refractivity contribution in [3.8, 4) is 0 Å². The minimum absolute atomic E-state index is 0. The van der Waals surface area contributed by atoms with E-state index in [0.29, 0.717) is 12.3 Å². The van der Waals surface area contributed by atoms with Crippen molar-refractivity contribution < 1.29 is 4.79 Å². The third-order valence-corrected chi connectivity index (χ3v) is 4.06. The average molecular weight is 363 g/mol. The van der Waals surface area contributed by atoms with Gasteiger partial charge in [0.15, 0.2) is 0 Å². The molecule has 0 radical (unpaired) electrons. The largest absolute Gasteiger partial charge is 0.357 e. The Kier molecular flexibility index (Phi) is 11.0. The number of hydrogen-bond acceptors (Lipinski definition) is 4. The molecule has 1 aliphatic heterocycles. The van der Waals surface area contributed by atoms with Crippen LogP contribution in [0.15, 0.2) is 18.3 Å². The summed E-state index contributed by atoms with van der Waals surface area (Å²) in [6.45, 7) is 8.23. The maximum Gasteiger partial charge on any atom is 0.224 e. The van der Waals surface area contributed by atoms with Gasteiger partial charge in [0, 0.05) is 19.5 Å². The van der Waals surface area contributed by atoms with Crippen LogP contribution >= 0.6 is 24.8 Å². The number of anilines is 2. The minimum Gasteiger partial charge on any atom is -0.357 e. The van der Waals surface area contributed by atoms with Gasteiger partial charge in [-0.1, -0.05) is 0 Å². The number of carbonyl (C=O) groups excluding carboxylic acids is 1. The van der Waals surface area contributed by atoms with Crippen LogP contribution in [-0.2, 0) is 4.79 Å². The first kappa shape index (κ1) is 22.0. The van der Waals surface area contributed by atoms with Crippen molar-refractivity contribution in [2.75, 3.05) is 36.4 Å². The molecule has 7 heteroatoms. The SMILES string of the molecule is CCN(CC)c1ccc(NC(=O)CCC2CCNC2)cn1.Cl.Cl. The van der Waals surface area contributed by atoms with E-state index in [4.69, 9.17) is 0 Å². The number of aromatic nitrogens is 1. The Morgan fingerprint density at radius 2 is 2.09 bits per heavy atom. The topological polar surface area (TPSA) is 57.3 Å². The lowest BCUT2D eigenvalue weighted by Gasteiger charge is -2.19. The standard InChI is InChI=1S/C16H26N4O.2ClH/c1-3-20(4-2)15-7-6-14(12-18-15)19-16(21)8-5-13-9-10-17-11-13;;/h6-7,12-13,17H,3-5,8-11H2,1-2H3,(H,19,21);2*1H. The minimum atomic E-state index is 0. The Morgan fingerprint density at radius 3 is 2.61 bits per heavy atom. The van der Waals surface area contributed by atoms with Crippen molar-refractivity contribution >= 4 is 42.2 Å². The lowest BCUT2D eigenvalue weighted by molar-refractivity contribution is -0.116. The third kappa shape index (κ3) is 6.94. The van der Waals surface area contributed by atoms with Gasteiger partial charge in [0.25, 0.3) is 0 Å². The summed E-state index contributed by atoms with van der Waals surface area (Å²) in [6.07, 6.45) is 4.48. The Morgan fingerprint density at radius 1 is 1.35 bits per heavy atom. The highest BCUT2D eigenvalue weighted by molar-refractivity contribution is 5.90.